The van der Waals surface area contributed by atoms with Crippen LogP contribution in [0.5, 0.6) is 0 Å². The van der Waals surface area contributed by atoms with E-state index in [0.717, 1.165) is 25.4 Å². The van der Waals surface area contributed by atoms with Crippen molar-refractivity contribution in [3.05, 3.63) is 0 Å². The number of carbonyl (C=O) groups is 1. The van der Waals surface area contributed by atoms with Gasteiger partial charge < -0.3 is 10.6 Å². The first-order chi connectivity index (χ1) is 6.33. The number of carbonyl (C=O) groups excluding carboxylic acids is 1. The molecule has 0 aromatic heterocycles. The minimum Gasteiger partial charge on any atom is -0.355 e. The lowest BCUT2D eigenvalue weighted by Gasteiger charge is -2.04. The van der Waals surface area contributed by atoms with E-state index in [1.807, 2.05) is 0 Å². The average Bonchev–Trinajstić information content (AvgIpc) is 2.89. The highest BCUT2D eigenvalue weighted by Gasteiger charge is 2.20. The molecule has 13 heavy (non-hydrogen) atoms. The van der Waals surface area contributed by atoms with Crippen LogP contribution in [0, 0.1) is 5.92 Å². The third kappa shape index (κ3) is 5.64. The van der Waals surface area contributed by atoms with Crippen molar-refractivity contribution < 1.29 is 4.79 Å². The normalized spacial score (nSPS) is 15.8. The summed E-state index contributed by atoms with van der Waals surface area (Å²) in [6, 6.07) is 0. The Bertz CT molecular complexity index is 155. The lowest BCUT2D eigenvalue weighted by Crippen LogP contribution is -2.34. The zero-order valence-electron chi connectivity index (χ0n) is 8.44. The van der Waals surface area contributed by atoms with Gasteiger partial charge in [0.05, 0.1) is 6.54 Å². The van der Waals surface area contributed by atoms with Gasteiger partial charge in [-0.15, -0.1) is 0 Å². The molecule has 0 heterocycles. The minimum absolute atomic E-state index is 0.133. The topological polar surface area (TPSA) is 41.1 Å². The van der Waals surface area contributed by atoms with Gasteiger partial charge in [-0.1, -0.05) is 19.8 Å². The van der Waals surface area contributed by atoms with E-state index >= 15 is 0 Å². The summed E-state index contributed by atoms with van der Waals surface area (Å²) in [5.74, 6) is 1.04. The van der Waals surface area contributed by atoms with E-state index in [2.05, 4.69) is 17.6 Å². The molecule has 0 bridgehead atoms. The molecule has 0 spiro atoms. The molecular formula is C10H20N2O. The molecule has 1 amide bonds. The number of nitrogens with one attached hydrogen (secondary N) is 2. The maximum absolute atomic E-state index is 11.1. The quantitative estimate of drug-likeness (QED) is 0.577. The fourth-order valence-electron chi connectivity index (χ4n) is 1.26. The van der Waals surface area contributed by atoms with Crippen molar-refractivity contribution in [2.75, 3.05) is 19.6 Å². The highest BCUT2D eigenvalue weighted by molar-refractivity contribution is 5.77. The summed E-state index contributed by atoms with van der Waals surface area (Å²) < 4.78 is 0. The maximum Gasteiger partial charge on any atom is 0.233 e. The Kier molecular flexibility index (Phi) is 4.83. The summed E-state index contributed by atoms with van der Waals surface area (Å²) >= 11 is 0. The predicted octanol–water partition coefficient (Wildman–Crippen LogP) is 0.902. The van der Waals surface area contributed by atoms with E-state index in [9.17, 15) is 4.79 Å². The number of rotatable bonds is 7. The van der Waals surface area contributed by atoms with Gasteiger partial charge in [-0.25, -0.2) is 0 Å². The van der Waals surface area contributed by atoms with E-state index in [1.165, 1.54) is 19.3 Å². The van der Waals surface area contributed by atoms with Crippen LogP contribution in [-0.2, 0) is 4.79 Å². The third-order valence-electron chi connectivity index (χ3n) is 2.28. The van der Waals surface area contributed by atoms with E-state index < -0.39 is 0 Å². The van der Waals surface area contributed by atoms with E-state index in [-0.39, 0.29) is 5.91 Å². The second-order valence-corrected chi connectivity index (χ2v) is 3.76. The Morgan fingerprint density at radius 2 is 2.15 bits per heavy atom. The molecule has 1 aliphatic carbocycles. The molecule has 2 N–H and O–H groups in total. The summed E-state index contributed by atoms with van der Waals surface area (Å²) in [5.41, 5.74) is 0. The molecule has 1 saturated carbocycles. The van der Waals surface area contributed by atoms with Crippen molar-refractivity contribution in [2.45, 2.75) is 32.6 Å². The molecule has 1 rings (SSSR count). The van der Waals surface area contributed by atoms with Crippen molar-refractivity contribution in [3.63, 3.8) is 0 Å². The minimum atomic E-state index is 0.133. The van der Waals surface area contributed by atoms with E-state index in [4.69, 9.17) is 0 Å². The van der Waals surface area contributed by atoms with Crippen LogP contribution in [0.25, 0.3) is 0 Å². The molecule has 0 unspecified atom stereocenters. The van der Waals surface area contributed by atoms with Crippen molar-refractivity contribution in [2.24, 2.45) is 5.92 Å². The first-order valence-corrected chi connectivity index (χ1v) is 5.30. The van der Waals surface area contributed by atoms with E-state index in [0.29, 0.717) is 6.54 Å². The van der Waals surface area contributed by atoms with Gasteiger partial charge in [0.15, 0.2) is 0 Å². The van der Waals surface area contributed by atoms with Crippen molar-refractivity contribution in [1.82, 2.24) is 10.6 Å². The maximum atomic E-state index is 11.1. The lowest BCUT2D eigenvalue weighted by atomic mass is 10.3. The SMILES string of the molecule is CCCNCC(=O)NCCC1CC1. The average molecular weight is 184 g/mol. The molecule has 0 saturated heterocycles. The lowest BCUT2D eigenvalue weighted by molar-refractivity contribution is -0.120. The molecule has 0 radical (unpaired) electrons. The van der Waals surface area contributed by atoms with Crippen LogP contribution >= 0.6 is 0 Å². The second-order valence-electron chi connectivity index (χ2n) is 3.76. The zero-order valence-corrected chi connectivity index (χ0v) is 8.44. The van der Waals surface area contributed by atoms with E-state index in [1.54, 1.807) is 0 Å². The number of hydrogen-bond donors (Lipinski definition) is 2. The van der Waals surface area contributed by atoms with Gasteiger partial charge in [0.25, 0.3) is 0 Å². The van der Waals surface area contributed by atoms with Crippen LogP contribution in [0.3, 0.4) is 0 Å². The molecule has 3 nitrogen and oxygen atoms in total. The first kappa shape index (κ1) is 10.5. The highest BCUT2D eigenvalue weighted by Crippen LogP contribution is 2.31. The van der Waals surface area contributed by atoms with Crippen molar-refractivity contribution in [3.8, 4) is 0 Å². The summed E-state index contributed by atoms with van der Waals surface area (Å²) in [5, 5.41) is 5.99. The Morgan fingerprint density at radius 1 is 1.38 bits per heavy atom. The molecule has 0 aromatic carbocycles. The van der Waals surface area contributed by atoms with Crippen LogP contribution in [-0.4, -0.2) is 25.5 Å². The molecule has 76 valence electrons. The smallest absolute Gasteiger partial charge is 0.233 e. The Morgan fingerprint density at radius 3 is 2.77 bits per heavy atom. The van der Waals surface area contributed by atoms with Gasteiger partial charge in [0.1, 0.15) is 0 Å². The summed E-state index contributed by atoms with van der Waals surface area (Å²) in [7, 11) is 0. The van der Waals surface area contributed by atoms with Crippen LogP contribution in [0.1, 0.15) is 32.6 Å². The largest absolute Gasteiger partial charge is 0.355 e. The van der Waals surface area contributed by atoms with Crippen LogP contribution in [0.2, 0.25) is 0 Å². The van der Waals surface area contributed by atoms with Gasteiger partial charge in [-0.2, -0.15) is 0 Å². The molecule has 0 aliphatic heterocycles. The molecule has 3 heteroatoms. The number of hydrogen-bond acceptors (Lipinski definition) is 2. The summed E-state index contributed by atoms with van der Waals surface area (Å²) in [6.45, 7) is 4.35. The fourth-order valence-corrected chi connectivity index (χ4v) is 1.26. The highest BCUT2D eigenvalue weighted by atomic mass is 16.1. The van der Waals surface area contributed by atoms with Crippen LogP contribution < -0.4 is 10.6 Å². The zero-order chi connectivity index (χ0) is 9.52. The first-order valence-electron chi connectivity index (χ1n) is 5.30. The number of amides is 1. The molecular weight excluding hydrogens is 164 g/mol. The standard InChI is InChI=1S/C10H20N2O/c1-2-6-11-8-10(13)12-7-5-9-3-4-9/h9,11H,2-8H2,1H3,(H,12,13). The van der Waals surface area contributed by atoms with Crippen LogP contribution in [0.15, 0.2) is 0 Å². The van der Waals surface area contributed by atoms with Gasteiger partial charge >= 0.3 is 0 Å². The fraction of sp³-hybridized carbons (Fsp3) is 0.900. The monoisotopic (exact) mass is 184 g/mol. The second kappa shape index (κ2) is 5.97. The molecule has 1 aliphatic rings. The molecule has 0 atom stereocenters. The van der Waals surface area contributed by atoms with Crippen molar-refractivity contribution >= 4 is 5.91 Å². The van der Waals surface area contributed by atoms with Gasteiger partial charge in [-0.3, -0.25) is 4.79 Å². The predicted molar refractivity (Wildman–Crippen MR) is 53.5 cm³/mol. The Hall–Kier alpha value is -0.570. The molecule has 1 fully saturated rings. The Labute approximate surface area is 80.3 Å². The Balaban J connectivity index is 1.84. The van der Waals surface area contributed by atoms with Gasteiger partial charge in [0.2, 0.25) is 5.91 Å². The van der Waals surface area contributed by atoms with Crippen LogP contribution in [0.4, 0.5) is 0 Å². The third-order valence-corrected chi connectivity index (χ3v) is 2.28. The van der Waals surface area contributed by atoms with Gasteiger partial charge in [-0.05, 0) is 25.3 Å². The summed E-state index contributed by atoms with van der Waals surface area (Å²) in [4.78, 5) is 11.1. The van der Waals surface area contributed by atoms with Gasteiger partial charge in [0, 0.05) is 6.54 Å². The molecule has 0 aromatic rings. The summed E-state index contributed by atoms with van der Waals surface area (Å²) in [6.07, 6.45) is 4.97. The van der Waals surface area contributed by atoms with Crippen molar-refractivity contribution in [1.29, 1.82) is 0 Å².